The molecule has 0 aliphatic heterocycles. The molecule has 4 unspecified atom stereocenters. The van der Waals surface area contributed by atoms with Gasteiger partial charge in [-0.25, -0.2) is 0 Å². The van der Waals surface area contributed by atoms with E-state index < -0.39 is 24.4 Å². The first kappa shape index (κ1) is 38.7. The quantitative estimate of drug-likeness (QED) is 0.113. The predicted octanol–water partition coefficient (Wildman–Crippen LogP) is 4.38. The van der Waals surface area contributed by atoms with Crippen molar-refractivity contribution in [1.82, 2.24) is 0 Å². The van der Waals surface area contributed by atoms with Crippen molar-refractivity contribution < 1.29 is 28.4 Å². The molecule has 0 radical (unpaired) electrons. The maximum atomic E-state index is 9.03. The standard InChI is InChI=1S/C30H44N6O6/c31-13-1-7-19-37-25-27(39-21-9-3-15-33)29(41-23-11-5-17-35)30(42-24-12-6-18-36)28(40-22-10-4-16-34)26-38-20-8-2-14-32/h27-30H,1-12,19-26H2. The highest BCUT2D eigenvalue weighted by atomic mass is 16.6. The molecule has 0 saturated heterocycles. The van der Waals surface area contributed by atoms with Crippen molar-refractivity contribution in [1.29, 1.82) is 31.6 Å². The van der Waals surface area contributed by atoms with Crippen molar-refractivity contribution in [3.05, 3.63) is 0 Å². The molecule has 12 heteroatoms. The lowest BCUT2D eigenvalue weighted by Gasteiger charge is -2.37. The van der Waals surface area contributed by atoms with Crippen LogP contribution in [0.3, 0.4) is 0 Å². The minimum absolute atomic E-state index is 0.128. The molecule has 4 atom stereocenters. The monoisotopic (exact) mass is 584 g/mol. The van der Waals surface area contributed by atoms with Crippen molar-refractivity contribution in [2.24, 2.45) is 0 Å². The van der Waals surface area contributed by atoms with Crippen molar-refractivity contribution in [2.45, 2.75) is 101 Å². The zero-order valence-corrected chi connectivity index (χ0v) is 24.6. The van der Waals surface area contributed by atoms with Gasteiger partial charge < -0.3 is 28.4 Å². The Bertz CT molecular complexity index is 836. The maximum Gasteiger partial charge on any atom is 0.115 e. The average Bonchev–Trinajstić information content (AvgIpc) is 3.00. The van der Waals surface area contributed by atoms with Gasteiger partial charge in [-0.15, -0.1) is 0 Å². The number of hydrogen-bond donors (Lipinski definition) is 0. The van der Waals surface area contributed by atoms with Crippen LogP contribution in [0, 0.1) is 68.0 Å². The average molecular weight is 585 g/mol. The fourth-order valence-electron chi connectivity index (χ4n) is 3.72. The van der Waals surface area contributed by atoms with E-state index in [0.29, 0.717) is 90.3 Å². The molecule has 42 heavy (non-hydrogen) atoms. The smallest absolute Gasteiger partial charge is 0.115 e. The second-order valence-corrected chi connectivity index (χ2v) is 9.21. The lowest BCUT2D eigenvalue weighted by atomic mass is 10.0. The lowest BCUT2D eigenvalue weighted by Crippen LogP contribution is -2.53. The van der Waals surface area contributed by atoms with Gasteiger partial charge in [-0.1, -0.05) is 0 Å². The van der Waals surface area contributed by atoms with Crippen molar-refractivity contribution in [3.63, 3.8) is 0 Å². The number of unbranched alkanes of at least 4 members (excludes halogenated alkanes) is 6. The summed E-state index contributed by atoms with van der Waals surface area (Å²) in [6, 6.07) is 12.6. The normalized spacial score (nSPS) is 13.3. The highest BCUT2D eigenvalue weighted by Gasteiger charge is 2.38. The summed E-state index contributed by atoms with van der Waals surface area (Å²) in [6.45, 7) is 1.98. The SMILES string of the molecule is N#CCCCOCC(OCCCC#N)C(OCCCC#N)C(OCCCC#N)C(COCCCC#N)OCCCC#N. The fraction of sp³-hybridized carbons (Fsp3) is 0.800. The molecule has 0 amide bonds. The third kappa shape index (κ3) is 21.4. The molecule has 0 aromatic carbocycles. The number of hydrogen-bond acceptors (Lipinski definition) is 12. The first-order chi connectivity index (χ1) is 20.7. The first-order valence-electron chi connectivity index (χ1n) is 14.5. The Hall–Kier alpha value is -3.30. The molecular formula is C30H44N6O6. The van der Waals surface area contributed by atoms with Gasteiger partial charge in [0.2, 0.25) is 0 Å². The Kier molecular flexibility index (Phi) is 28.2. The van der Waals surface area contributed by atoms with E-state index in [2.05, 4.69) is 36.4 Å². The van der Waals surface area contributed by atoms with Gasteiger partial charge in [0, 0.05) is 78.2 Å². The minimum atomic E-state index is -0.729. The van der Waals surface area contributed by atoms with Gasteiger partial charge in [0.05, 0.1) is 49.6 Å². The molecule has 0 rings (SSSR count). The summed E-state index contributed by atoms with van der Waals surface area (Å²) in [6.07, 6.45) is 2.30. The van der Waals surface area contributed by atoms with Gasteiger partial charge in [0.1, 0.15) is 24.4 Å². The zero-order valence-electron chi connectivity index (χ0n) is 24.6. The van der Waals surface area contributed by atoms with Crippen LogP contribution >= 0.6 is 0 Å². The molecule has 0 bridgehead atoms. The molecule has 0 saturated carbocycles. The van der Waals surface area contributed by atoms with Crippen LogP contribution in [0.25, 0.3) is 0 Å². The Morgan fingerprint density at radius 3 is 0.905 bits per heavy atom. The van der Waals surface area contributed by atoms with E-state index in [9.17, 15) is 0 Å². The summed E-state index contributed by atoms with van der Waals surface area (Å²) in [7, 11) is 0. The van der Waals surface area contributed by atoms with Gasteiger partial charge in [0.15, 0.2) is 0 Å². The first-order valence-corrected chi connectivity index (χ1v) is 14.5. The summed E-state index contributed by atoms with van der Waals surface area (Å²) < 4.78 is 36.7. The third-order valence-electron chi connectivity index (χ3n) is 5.79. The zero-order chi connectivity index (χ0) is 30.9. The van der Waals surface area contributed by atoms with Crippen LogP contribution in [0.2, 0.25) is 0 Å². The number of rotatable bonds is 29. The molecule has 0 heterocycles. The van der Waals surface area contributed by atoms with E-state index in [1.807, 2.05) is 0 Å². The molecule has 230 valence electrons. The predicted molar refractivity (Wildman–Crippen MR) is 150 cm³/mol. The van der Waals surface area contributed by atoms with E-state index in [-0.39, 0.29) is 39.6 Å². The molecule has 0 aliphatic rings. The molecule has 0 aromatic rings. The summed E-state index contributed by atoms with van der Waals surface area (Å²) in [5.74, 6) is 0. The highest BCUT2D eigenvalue weighted by Crippen LogP contribution is 2.21. The number of ether oxygens (including phenoxy) is 6. The van der Waals surface area contributed by atoms with E-state index in [0.717, 1.165) is 0 Å². The van der Waals surface area contributed by atoms with Crippen LogP contribution in [-0.4, -0.2) is 77.3 Å². The van der Waals surface area contributed by atoms with Crippen LogP contribution in [0.5, 0.6) is 0 Å². The summed E-state index contributed by atoms with van der Waals surface area (Å²) >= 11 is 0. The largest absolute Gasteiger partial charge is 0.379 e. The van der Waals surface area contributed by atoms with Crippen molar-refractivity contribution in [2.75, 3.05) is 52.9 Å². The highest BCUT2D eigenvalue weighted by molar-refractivity contribution is 4.88. The molecule has 0 aliphatic carbocycles. The van der Waals surface area contributed by atoms with E-state index >= 15 is 0 Å². The van der Waals surface area contributed by atoms with Crippen LogP contribution < -0.4 is 0 Å². The second kappa shape index (κ2) is 30.7. The van der Waals surface area contributed by atoms with Gasteiger partial charge in [0.25, 0.3) is 0 Å². The van der Waals surface area contributed by atoms with Crippen molar-refractivity contribution >= 4 is 0 Å². The van der Waals surface area contributed by atoms with Crippen LogP contribution in [-0.2, 0) is 28.4 Å². The molecular weight excluding hydrogens is 540 g/mol. The molecule has 0 N–H and O–H groups in total. The molecule has 0 aromatic heterocycles. The maximum absolute atomic E-state index is 9.03. The van der Waals surface area contributed by atoms with Gasteiger partial charge >= 0.3 is 0 Å². The van der Waals surface area contributed by atoms with Crippen molar-refractivity contribution in [3.8, 4) is 36.4 Å². The third-order valence-corrected chi connectivity index (χ3v) is 5.79. The molecule has 0 fully saturated rings. The minimum Gasteiger partial charge on any atom is -0.379 e. The van der Waals surface area contributed by atoms with Crippen LogP contribution in [0.15, 0.2) is 0 Å². The Morgan fingerprint density at radius 1 is 0.357 bits per heavy atom. The van der Waals surface area contributed by atoms with Crippen LogP contribution in [0.1, 0.15) is 77.0 Å². The second-order valence-electron chi connectivity index (χ2n) is 9.21. The van der Waals surface area contributed by atoms with E-state index in [4.69, 9.17) is 60.0 Å². The van der Waals surface area contributed by atoms with Gasteiger partial charge in [-0.05, 0) is 38.5 Å². The summed E-state index contributed by atoms with van der Waals surface area (Å²) in [4.78, 5) is 0. The number of nitrogens with zero attached hydrogens (tertiary/aromatic N) is 6. The molecule has 0 spiro atoms. The summed E-state index contributed by atoms with van der Waals surface area (Å²) in [5, 5.41) is 53.7. The summed E-state index contributed by atoms with van der Waals surface area (Å²) in [5.41, 5.74) is 0. The Balaban J connectivity index is 6.16. The Morgan fingerprint density at radius 2 is 0.619 bits per heavy atom. The number of nitriles is 6. The fourth-order valence-corrected chi connectivity index (χ4v) is 3.72. The molecule has 12 nitrogen and oxygen atoms in total. The van der Waals surface area contributed by atoms with E-state index in [1.165, 1.54) is 0 Å². The lowest BCUT2D eigenvalue weighted by molar-refractivity contribution is -0.197. The van der Waals surface area contributed by atoms with E-state index in [1.54, 1.807) is 0 Å². The van der Waals surface area contributed by atoms with Gasteiger partial charge in [-0.3, -0.25) is 0 Å². The van der Waals surface area contributed by atoms with Gasteiger partial charge in [-0.2, -0.15) is 31.6 Å². The van der Waals surface area contributed by atoms with Crippen LogP contribution in [0.4, 0.5) is 0 Å². The Labute approximate surface area is 250 Å². The topological polar surface area (TPSA) is 198 Å².